The number of aromatic hydroxyl groups is 2. The summed E-state index contributed by atoms with van der Waals surface area (Å²) in [4.78, 5) is 4.22. The van der Waals surface area contributed by atoms with E-state index in [1.165, 1.54) is 18.2 Å². The van der Waals surface area contributed by atoms with Crippen LogP contribution >= 0.6 is 0 Å². The van der Waals surface area contributed by atoms with Gasteiger partial charge in [0, 0.05) is 12.7 Å². The molecule has 0 bridgehead atoms. The molecule has 0 atom stereocenters. The van der Waals surface area contributed by atoms with Gasteiger partial charge in [-0.2, -0.15) is 4.98 Å². The molecule has 2 N–H and O–H groups in total. The second-order valence-electron chi connectivity index (χ2n) is 4.57. The molecule has 0 saturated heterocycles. The quantitative estimate of drug-likeness (QED) is 0.881. The van der Waals surface area contributed by atoms with Crippen molar-refractivity contribution >= 4 is 0 Å². The van der Waals surface area contributed by atoms with Crippen molar-refractivity contribution in [1.29, 1.82) is 0 Å². The molecule has 0 radical (unpaired) electrons. The molecule has 2 rings (SSSR count). The molecule has 1 heterocycles. The van der Waals surface area contributed by atoms with Crippen LogP contribution in [0.25, 0.3) is 11.5 Å². The summed E-state index contributed by atoms with van der Waals surface area (Å²) < 4.78 is 10.6. The van der Waals surface area contributed by atoms with E-state index in [0.717, 1.165) is 0 Å². The average molecular weight is 264 g/mol. The van der Waals surface area contributed by atoms with Crippen molar-refractivity contribution in [3.63, 3.8) is 0 Å². The van der Waals surface area contributed by atoms with Crippen molar-refractivity contribution in [2.24, 2.45) is 0 Å². The van der Waals surface area contributed by atoms with Crippen molar-refractivity contribution in [3.8, 4) is 23.0 Å². The van der Waals surface area contributed by atoms with Gasteiger partial charge in [0.15, 0.2) is 0 Å². The molecular formula is C13H16N2O4. The fourth-order valence-electron chi connectivity index (χ4n) is 1.70. The number of phenols is 2. The maximum Gasteiger partial charge on any atom is 0.261 e. The first-order valence-electron chi connectivity index (χ1n) is 5.94. The molecule has 0 aliphatic heterocycles. The topological polar surface area (TPSA) is 88.6 Å². The van der Waals surface area contributed by atoms with Crippen molar-refractivity contribution in [3.05, 3.63) is 24.0 Å². The minimum absolute atomic E-state index is 0.0318. The Morgan fingerprint density at radius 1 is 1.32 bits per heavy atom. The Balaban J connectivity index is 2.35. The van der Waals surface area contributed by atoms with Gasteiger partial charge in [0.1, 0.15) is 17.1 Å². The van der Waals surface area contributed by atoms with E-state index in [4.69, 9.17) is 9.26 Å². The molecule has 0 spiro atoms. The highest BCUT2D eigenvalue weighted by Gasteiger charge is 2.28. The smallest absolute Gasteiger partial charge is 0.261 e. The number of rotatable bonds is 4. The number of hydrogen-bond acceptors (Lipinski definition) is 6. The number of phenolic OH excluding ortho intramolecular Hbond substituents is 2. The highest BCUT2D eigenvalue weighted by Crippen LogP contribution is 2.32. The van der Waals surface area contributed by atoms with Crippen LogP contribution in [0.5, 0.6) is 11.5 Å². The Bertz CT molecular complexity index is 578. The van der Waals surface area contributed by atoms with Gasteiger partial charge >= 0.3 is 0 Å². The van der Waals surface area contributed by atoms with Crippen molar-refractivity contribution in [1.82, 2.24) is 10.1 Å². The van der Waals surface area contributed by atoms with Crippen molar-refractivity contribution in [2.75, 3.05) is 6.61 Å². The van der Waals surface area contributed by atoms with Gasteiger partial charge in [-0.05, 0) is 32.9 Å². The fraction of sp³-hybridized carbons (Fsp3) is 0.385. The van der Waals surface area contributed by atoms with E-state index < -0.39 is 5.60 Å². The maximum atomic E-state index is 9.74. The van der Waals surface area contributed by atoms with E-state index in [-0.39, 0.29) is 17.4 Å². The second kappa shape index (κ2) is 4.89. The summed E-state index contributed by atoms with van der Waals surface area (Å²) in [5.41, 5.74) is -0.299. The zero-order chi connectivity index (χ0) is 14.0. The van der Waals surface area contributed by atoms with Crippen molar-refractivity contribution < 1.29 is 19.5 Å². The van der Waals surface area contributed by atoms with Crippen LogP contribution in [0.4, 0.5) is 0 Å². The first kappa shape index (κ1) is 13.4. The summed E-state index contributed by atoms with van der Waals surface area (Å²) >= 11 is 0. The first-order chi connectivity index (χ1) is 8.94. The molecule has 0 saturated carbocycles. The number of nitrogens with zero attached hydrogens (tertiary/aromatic N) is 2. The van der Waals surface area contributed by atoms with Crippen LogP contribution in [-0.2, 0) is 10.3 Å². The fourth-order valence-corrected chi connectivity index (χ4v) is 1.70. The third-order valence-electron chi connectivity index (χ3n) is 2.68. The molecule has 6 nitrogen and oxygen atoms in total. The Kier molecular flexibility index (Phi) is 3.44. The zero-order valence-electron chi connectivity index (χ0n) is 11.0. The minimum Gasteiger partial charge on any atom is -0.508 e. The van der Waals surface area contributed by atoms with Crippen LogP contribution in [0.3, 0.4) is 0 Å². The molecule has 0 amide bonds. The molecule has 2 aromatic rings. The molecular weight excluding hydrogens is 248 g/mol. The van der Waals surface area contributed by atoms with E-state index in [2.05, 4.69) is 10.1 Å². The Hall–Kier alpha value is -2.08. The Labute approximate surface area is 110 Å². The lowest BCUT2D eigenvalue weighted by Gasteiger charge is -2.19. The van der Waals surface area contributed by atoms with Crippen LogP contribution < -0.4 is 0 Å². The molecule has 1 aromatic heterocycles. The van der Waals surface area contributed by atoms with E-state index in [0.29, 0.717) is 18.0 Å². The molecule has 0 unspecified atom stereocenters. The molecule has 19 heavy (non-hydrogen) atoms. The lowest BCUT2D eigenvalue weighted by molar-refractivity contribution is -0.0221. The van der Waals surface area contributed by atoms with Gasteiger partial charge in [-0.1, -0.05) is 5.16 Å². The number of aromatic nitrogens is 2. The zero-order valence-corrected chi connectivity index (χ0v) is 11.0. The van der Waals surface area contributed by atoms with Crippen LogP contribution in [0, 0.1) is 0 Å². The van der Waals surface area contributed by atoms with Crippen LogP contribution in [0.1, 0.15) is 26.6 Å². The normalized spacial score (nSPS) is 11.7. The number of benzene rings is 1. The third-order valence-corrected chi connectivity index (χ3v) is 2.68. The van der Waals surface area contributed by atoms with Gasteiger partial charge in [0.2, 0.25) is 5.82 Å². The summed E-state index contributed by atoms with van der Waals surface area (Å²) in [5, 5.41) is 22.8. The standard InChI is InChI=1S/C13H16N2O4/c1-4-18-13(2,3)12-14-11(19-15-12)9-6-5-8(16)7-10(9)17/h5-7,16-17H,4H2,1-3H3. The minimum atomic E-state index is -0.664. The van der Waals surface area contributed by atoms with E-state index >= 15 is 0 Å². The SMILES string of the molecule is CCOC(C)(C)c1noc(-c2ccc(O)cc2O)n1. The molecule has 0 aliphatic rings. The highest BCUT2D eigenvalue weighted by molar-refractivity contribution is 5.63. The van der Waals surface area contributed by atoms with E-state index in [1.54, 1.807) is 0 Å². The summed E-state index contributed by atoms with van der Waals surface area (Å²) in [5.74, 6) is 0.428. The third kappa shape index (κ3) is 2.68. The molecule has 0 fully saturated rings. The van der Waals surface area contributed by atoms with Gasteiger partial charge < -0.3 is 19.5 Å². The van der Waals surface area contributed by atoms with Gasteiger partial charge in [0.05, 0.1) is 5.56 Å². The second-order valence-corrected chi connectivity index (χ2v) is 4.57. The Morgan fingerprint density at radius 3 is 2.68 bits per heavy atom. The van der Waals surface area contributed by atoms with E-state index in [9.17, 15) is 10.2 Å². The van der Waals surface area contributed by atoms with Crippen LogP contribution in [0.2, 0.25) is 0 Å². The molecule has 6 heteroatoms. The van der Waals surface area contributed by atoms with Gasteiger partial charge in [-0.25, -0.2) is 0 Å². The lowest BCUT2D eigenvalue weighted by Crippen LogP contribution is -2.23. The van der Waals surface area contributed by atoms with Crippen LogP contribution in [-0.4, -0.2) is 27.0 Å². The maximum absolute atomic E-state index is 9.74. The lowest BCUT2D eigenvalue weighted by atomic mass is 10.1. The summed E-state index contributed by atoms with van der Waals surface area (Å²) in [7, 11) is 0. The molecule has 0 aliphatic carbocycles. The summed E-state index contributed by atoms with van der Waals surface area (Å²) in [6, 6.07) is 4.16. The van der Waals surface area contributed by atoms with Crippen molar-refractivity contribution in [2.45, 2.75) is 26.4 Å². The van der Waals surface area contributed by atoms with Gasteiger partial charge in [0.25, 0.3) is 5.89 Å². The Morgan fingerprint density at radius 2 is 2.05 bits per heavy atom. The van der Waals surface area contributed by atoms with E-state index in [1.807, 2.05) is 20.8 Å². The summed E-state index contributed by atoms with van der Waals surface area (Å²) in [6.45, 7) is 6.08. The predicted molar refractivity (Wildman–Crippen MR) is 67.7 cm³/mol. The first-order valence-corrected chi connectivity index (χ1v) is 5.94. The average Bonchev–Trinajstić information content (AvgIpc) is 2.78. The predicted octanol–water partition coefficient (Wildman–Crippen LogP) is 2.42. The van der Waals surface area contributed by atoms with Gasteiger partial charge in [-0.3, -0.25) is 0 Å². The molecule has 102 valence electrons. The summed E-state index contributed by atoms with van der Waals surface area (Å²) in [6.07, 6.45) is 0. The monoisotopic (exact) mass is 264 g/mol. The number of ether oxygens (including phenoxy) is 1. The largest absolute Gasteiger partial charge is 0.508 e. The van der Waals surface area contributed by atoms with Crippen LogP contribution in [0.15, 0.2) is 22.7 Å². The van der Waals surface area contributed by atoms with Gasteiger partial charge in [-0.15, -0.1) is 0 Å². The molecule has 1 aromatic carbocycles. The highest BCUT2D eigenvalue weighted by atomic mass is 16.5. The number of hydrogen-bond donors (Lipinski definition) is 2.